The number of anilines is 2. The van der Waals surface area contributed by atoms with Gasteiger partial charge in [-0.2, -0.15) is 0 Å². The van der Waals surface area contributed by atoms with E-state index in [9.17, 15) is 4.79 Å². The summed E-state index contributed by atoms with van der Waals surface area (Å²) in [6.07, 6.45) is 6.62. The van der Waals surface area contributed by atoms with E-state index in [1.807, 2.05) is 11.0 Å². The molecular weight excluding hydrogens is 416 g/mol. The van der Waals surface area contributed by atoms with Gasteiger partial charge in [0.2, 0.25) is 0 Å². The van der Waals surface area contributed by atoms with E-state index < -0.39 is 0 Å². The molecule has 0 fully saturated rings. The fraction of sp³-hybridized carbons (Fsp3) is 0.565. The van der Waals surface area contributed by atoms with Crippen molar-refractivity contribution in [1.29, 1.82) is 0 Å². The molecule has 2 heterocycles. The molecule has 1 aromatic carbocycles. The van der Waals surface area contributed by atoms with Crippen molar-refractivity contribution in [1.82, 2.24) is 14.5 Å². The Labute approximate surface area is 189 Å². The summed E-state index contributed by atoms with van der Waals surface area (Å²) in [4.78, 5) is 21.7. The summed E-state index contributed by atoms with van der Waals surface area (Å²) in [7, 11) is 4.97. The molecule has 1 aliphatic heterocycles. The van der Waals surface area contributed by atoms with Gasteiger partial charge in [-0.25, -0.2) is 4.98 Å². The molecule has 31 heavy (non-hydrogen) atoms. The molecule has 1 aliphatic rings. The highest BCUT2D eigenvalue weighted by Crippen LogP contribution is 2.42. The Bertz CT molecular complexity index is 928. The van der Waals surface area contributed by atoms with E-state index in [1.54, 1.807) is 32.2 Å². The van der Waals surface area contributed by atoms with Crippen molar-refractivity contribution in [2.75, 3.05) is 32.8 Å². The van der Waals surface area contributed by atoms with Crippen molar-refractivity contribution in [2.45, 2.75) is 58.9 Å². The SMILES string of the molecule is CCCCCCCn1c(CC)nc2c1C(=O)N(C)CN2c1cc(OC)c(OC)cc1Cl. The molecule has 0 atom stereocenters. The first-order valence-corrected chi connectivity index (χ1v) is 11.4. The Morgan fingerprint density at radius 1 is 1.06 bits per heavy atom. The van der Waals surface area contributed by atoms with Gasteiger partial charge >= 0.3 is 0 Å². The normalized spacial score (nSPS) is 13.5. The van der Waals surface area contributed by atoms with Crippen molar-refractivity contribution in [3.05, 3.63) is 28.7 Å². The van der Waals surface area contributed by atoms with E-state index in [2.05, 4.69) is 18.4 Å². The van der Waals surface area contributed by atoms with Gasteiger partial charge < -0.3 is 23.8 Å². The third-order valence-corrected chi connectivity index (χ3v) is 6.03. The number of carbonyl (C=O) groups excluding carboxylic acids is 1. The molecule has 0 spiro atoms. The van der Waals surface area contributed by atoms with Crippen LogP contribution in [0.4, 0.5) is 11.5 Å². The summed E-state index contributed by atoms with van der Waals surface area (Å²) in [6.45, 7) is 5.44. The Hall–Kier alpha value is -2.41. The number of rotatable bonds is 10. The number of ether oxygens (including phenoxy) is 2. The monoisotopic (exact) mass is 448 g/mol. The number of halogens is 1. The molecule has 8 heteroatoms. The number of fused-ring (bicyclic) bond motifs is 1. The van der Waals surface area contributed by atoms with Crippen molar-refractivity contribution >= 4 is 29.0 Å². The molecule has 0 radical (unpaired) electrons. The first kappa shape index (κ1) is 23.3. The van der Waals surface area contributed by atoms with Gasteiger partial charge in [0.25, 0.3) is 5.91 Å². The van der Waals surface area contributed by atoms with Gasteiger partial charge in [-0.1, -0.05) is 51.1 Å². The third kappa shape index (κ3) is 4.61. The number of amides is 1. The molecule has 0 saturated carbocycles. The van der Waals surface area contributed by atoms with Crippen molar-refractivity contribution in [3.8, 4) is 11.5 Å². The lowest BCUT2D eigenvalue weighted by atomic mass is 10.1. The maximum absolute atomic E-state index is 13.1. The second kappa shape index (κ2) is 10.3. The summed E-state index contributed by atoms with van der Waals surface area (Å²) in [5.41, 5.74) is 1.36. The number of carbonyl (C=O) groups is 1. The highest BCUT2D eigenvalue weighted by Gasteiger charge is 2.35. The average molecular weight is 449 g/mol. The van der Waals surface area contributed by atoms with Crippen molar-refractivity contribution < 1.29 is 14.3 Å². The molecule has 0 aliphatic carbocycles. The maximum atomic E-state index is 13.1. The molecule has 2 aromatic rings. The van der Waals surface area contributed by atoms with E-state index in [4.69, 9.17) is 26.1 Å². The molecule has 1 amide bonds. The van der Waals surface area contributed by atoms with E-state index in [0.717, 1.165) is 37.3 Å². The van der Waals surface area contributed by atoms with Crippen LogP contribution in [0.25, 0.3) is 0 Å². The highest BCUT2D eigenvalue weighted by atomic mass is 35.5. The van der Waals surface area contributed by atoms with Crippen LogP contribution in [0.15, 0.2) is 12.1 Å². The summed E-state index contributed by atoms with van der Waals surface area (Å²) >= 11 is 6.62. The van der Waals surface area contributed by atoms with E-state index in [0.29, 0.717) is 34.7 Å². The fourth-order valence-electron chi connectivity index (χ4n) is 4.03. The highest BCUT2D eigenvalue weighted by molar-refractivity contribution is 6.33. The van der Waals surface area contributed by atoms with Gasteiger partial charge in [0.1, 0.15) is 5.82 Å². The number of hydrogen-bond acceptors (Lipinski definition) is 5. The topological polar surface area (TPSA) is 59.8 Å². The lowest BCUT2D eigenvalue weighted by Crippen LogP contribution is -2.43. The van der Waals surface area contributed by atoms with Crippen molar-refractivity contribution in [2.24, 2.45) is 0 Å². The van der Waals surface area contributed by atoms with Crippen LogP contribution in [-0.4, -0.2) is 48.3 Å². The fourth-order valence-corrected chi connectivity index (χ4v) is 4.29. The Morgan fingerprint density at radius 2 is 1.74 bits per heavy atom. The first-order chi connectivity index (χ1) is 15.0. The molecule has 7 nitrogen and oxygen atoms in total. The quantitative estimate of drug-likeness (QED) is 0.463. The molecule has 0 bridgehead atoms. The minimum Gasteiger partial charge on any atom is -0.493 e. The summed E-state index contributed by atoms with van der Waals surface area (Å²) in [5, 5.41) is 0.513. The summed E-state index contributed by atoms with van der Waals surface area (Å²) in [5.74, 6) is 2.70. The lowest BCUT2D eigenvalue weighted by molar-refractivity contribution is 0.0775. The largest absolute Gasteiger partial charge is 0.493 e. The smallest absolute Gasteiger partial charge is 0.275 e. The zero-order valence-electron chi connectivity index (χ0n) is 19.2. The van der Waals surface area contributed by atoms with E-state index in [1.165, 1.54) is 19.3 Å². The van der Waals surface area contributed by atoms with Crippen LogP contribution < -0.4 is 14.4 Å². The molecule has 1 aromatic heterocycles. The number of aromatic nitrogens is 2. The number of imidazole rings is 1. The second-order valence-corrected chi connectivity index (χ2v) is 8.26. The maximum Gasteiger partial charge on any atom is 0.275 e. The molecule has 0 N–H and O–H groups in total. The number of benzene rings is 1. The lowest BCUT2D eigenvalue weighted by Gasteiger charge is -2.34. The van der Waals surface area contributed by atoms with Crippen LogP contribution in [0.5, 0.6) is 11.5 Å². The zero-order chi connectivity index (χ0) is 22.5. The van der Waals surface area contributed by atoms with Crippen LogP contribution in [0.2, 0.25) is 5.02 Å². The summed E-state index contributed by atoms with van der Waals surface area (Å²) < 4.78 is 12.9. The van der Waals surface area contributed by atoms with Crippen LogP contribution in [0.1, 0.15) is 62.3 Å². The minimum atomic E-state index is -0.0105. The van der Waals surface area contributed by atoms with E-state index in [-0.39, 0.29) is 5.91 Å². The first-order valence-electron chi connectivity index (χ1n) is 11.0. The second-order valence-electron chi connectivity index (χ2n) is 7.85. The predicted molar refractivity (Wildman–Crippen MR) is 124 cm³/mol. The predicted octanol–water partition coefficient (Wildman–Crippen LogP) is 5.27. The van der Waals surface area contributed by atoms with Gasteiger partial charge in [0.05, 0.1) is 31.6 Å². The Morgan fingerprint density at radius 3 is 2.39 bits per heavy atom. The number of hydrogen-bond donors (Lipinski definition) is 0. The Balaban J connectivity index is 2.02. The number of nitrogens with zero attached hydrogens (tertiary/aromatic N) is 4. The van der Waals surface area contributed by atoms with E-state index >= 15 is 0 Å². The van der Waals surface area contributed by atoms with Crippen LogP contribution in [-0.2, 0) is 13.0 Å². The Kier molecular flexibility index (Phi) is 7.70. The third-order valence-electron chi connectivity index (χ3n) is 5.73. The van der Waals surface area contributed by atoms with Crippen LogP contribution in [0, 0.1) is 0 Å². The minimum absolute atomic E-state index is 0.0105. The zero-order valence-corrected chi connectivity index (χ0v) is 20.0. The molecule has 0 unspecified atom stereocenters. The molecule has 170 valence electrons. The molecule has 0 saturated heterocycles. The molecular formula is C23H33ClN4O3. The van der Waals surface area contributed by atoms with Crippen molar-refractivity contribution in [3.63, 3.8) is 0 Å². The standard InChI is InChI=1S/C23H33ClN4O3/c1-6-8-9-10-11-12-27-20(7-2)25-22-21(27)23(29)26(3)15-28(22)17-14-19(31-5)18(30-4)13-16(17)24/h13-14H,6-12,15H2,1-5H3. The van der Waals surface area contributed by atoms with Gasteiger partial charge in [-0.05, 0) is 6.42 Å². The average Bonchev–Trinajstić information content (AvgIpc) is 3.14. The van der Waals surface area contributed by atoms with Gasteiger partial charge in [-0.15, -0.1) is 0 Å². The van der Waals surface area contributed by atoms with Crippen LogP contribution >= 0.6 is 11.6 Å². The molecule has 3 rings (SSSR count). The van der Waals surface area contributed by atoms with Gasteiger partial charge in [0.15, 0.2) is 23.0 Å². The number of methoxy groups -OCH3 is 2. The van der Waals surface area contributed by atoms with Gasteiger partial charge in [0, 0.05) is 32.1 Å². The van der Waals surface area contributed by atoms with Crippen LogP contribution in [0.3, 0.4) is 0 Å². The number of unbranched alkanes of at least 4 members (excludes halogenated alkanes) is 4. The summed E-state index contributed by atoms with van der Waals surface area (Å²) in [6, 6.07) is 3.57. The number of aryl methyl sites for hydroxylation is 1. The van der Waals surface area contributed by atoms with Gasteiger partial charge in [-0.3, -0.25) is 4.79 Å².